The molecular formula is C11H13N5O. The minimum absolute atomic E-state index is 0.0946. The zero-order valence-corrected chi connectivity index (χ0v) is 9.26. The Morgan fingerprint density at radius 2 is 2.41 bits per heavy atom. The van der Waals surface area contributed by atoms with Crippen LogP contribution in [0.5, 0.6) is 0 Å². The second-order valence-corrected chi connectivity index (χ2v) is 4.18. The fourth-order valence-corrected chi connectivity index (χ4v) is 2.25. The average Bonchev–Trinajstić information content (AvgIpc) is 2.66. The number of nitrogens with one attached hydrogen (secondary N) is 1. The third-order valence-corrected chi connectivity index (χ3v) is 3.08. The molecule has 2 aromatic rings. The van der Waals surface area contributed by atoms with Crippen molar-refractivity contribution in [2.75, 3.05) is 12.3 Å². The summed E-state index contributed by atoms with van der Waals surface area (Å²) in [6, 6.07) is 3.87. The lowest BCUT2D eigenvalue weighted by Gasteiger charge is -2.24. The zero-order chi connectivity index (χ0) is 11.8. The quantitative estimate of drug-likeness (QED) is 0.746. The number of hydrogen-bond acceptors (Lipinski definition) is 4. The van der Waals surface area contributed by atoms with Gasteiger partial charge in [0.1, 0.15) is 5.52 Å². The summed E-state index contributed by atoms with van der Waals surface area (Å²) in [6.45, 7) is 0.588. The maximum atomic E-state index is 11.1. The van der Waals surface area contributed by atoms with Crippen LogP contribution >= 0.6 is 0 Å². The lowest BCUT2D eigenvalue weighted by Crippen LogP contribution is -2.36. The standard InChI is InChI=1S/C11H13N5O/c12-11-15-8-2-1-5-13-10(8)16(11)7-3-4-9(17)14-6-7/h1-2,5,7H,3-4,6H2,(H2,12,15)(H,14,17). The summed E-state index contributed by atoms with van der Waals surface area (Å²) in [5.74, 6) is 0.553. The predicted molar refractivity (Wildman–Crippen MR) is 63.2 cm³/mol. The molecule has 0 spiro atoms. The van der Waals surface area contributed by atoms with Crippen LogP contribution in [0.2, 0.25) is 0 Å². The van der Waals surface area contributed by atoms with Crippen LogP contribution in [-0.4, -0.2) is 27.0 Å². The number of nitrogens with zero attached hydrogens (tertiary/aromatic N) is 3. The number of nitrogens with two attached hydrogens (primary N) is 1. The number of amides is 1. The normalized spacial score (nSPS) is 20.5. The van der Waals surface area contributed by atoms with E-state index in [1.54, 1.807) is 6.20 Å². The third-order valence-electron chi connectivity index (χ3n) is 3.08. The summed E-state index contributed by atoms with van der Waals surface area (Å²) in [6.07, 6.45) is 3.02. The van der Waals surface area contributed by atoms with Crippen molar-refractivity contribution in [3.05, 3.63) is 18.3 Å². The van der Waals surface area contributed by atoms with Crippen LogP contribution in [0.3, 0.4) is 0 Å². The van der Waals surface area contributed by atoms with Crippen molar-refractivity contribution in [3.8, 4) is 0 Å². The molecule has 6 heteroatoms. The first-order valence-corrected chi connectivity index (χ1v) is 5.61. The Hall–Kier alpha value is -2.11. The molecule has 2 aromatic heterocycles. The van der Waals surface area contributed by atoms with Crippen molar-refractivity contribution in [3.63, 3.8) is 0 Å². The molecule has 3 heterocycles. The second kappa shape index (κ2) is 3.73. The van der Waals surface area contributed by atoms with Crippen molar-refractivity contribution >= 4 is 23.0 Å². The molecule has 0 aromatic carbocycles. The number of carbonyl (C=O) groups excluding carboxylic acids is 1. The summed E-state index contributed by atoms with van der Waals surface area (Å²) in [5.41, 5.74) is 7.49. The van der Waals surface area contributed by atoms with E-state index in [2.05, 4.69) is 15.3 Å². The number of imidazole rings is 1. The van der Waals surface area contributed by atoms with E-state index in [4.69, 9.17) is 5.73 Å². The number of pyridine rings is 1. The van der Waals surface area contributed by atoms with Gasteiger partial charge in [-0.05, 0) is 18.6 Å². The van der Waals surface area contributed by atoms with Gasteiger partial charge in [-0.3, -0.25) is 9.36 Å². The summed E-state index contributed by atoms with van der Waals surface area (Å²) in [5, 5.41) is 2.84. The van der Waals surface area contributed by atoms with Crippen molar-refractivity contribution in [2.45, 2.75) is 18.9 Å². The first kappa shape index (κ1) is 10.1. The molecule has 1 unspecified atom stereocenters. The van der Waals surface area contributed by atoms with Crippen LogP contribution in [0.4, 0.5) is 5.95 Å². The first-order chi connectivity index (χ1) is 8.25. The van der Waals surface area contributed by atoms with Crippen LogP contribution in [-0.2, 0) is 4.79 Å². The van der Waals surface area contributed by atoms with Crippen LogP contribution in [0.1, 0.15) is 18.9 Å². The summed E-state index contributed by atoms with van der Waals surface area (Å²) < 4.78 is 1.91. The molecule has 0 radical (unpaired) electrons. The molecule has 3 N–H and O–H groups in total. The molecule has 3 rings (SSSR count). The monoisotopic (exact) mass is 231 g/mol. The molecule has 0 aliphatic carbocycles. The molecule has 88 valence electrons. The highest BCUT2D eigenvalue weighted by Gasteiger charge is 2.23. The summed E-state index contributed by atoms with van der Waals surface area (Å²) in [7, 11) is 0. The fraction of sp³-hybridized carbons (Fsp3) is 0.364. The highest BCUT2D eigenvalue weighted by molar-refractivity contribution is 5.77. The molecule has 17 heavy (non-hydrogen) atoms. The topological polar surface area (TPSA) is 85.8 Å². The summed E-state index contributed by atoms with van der Waals surface area (Å²) in [4.78, 5) is 19.7. The molecular weight excluding hydrogens is 218 g/mol. The number of anilines is 1. The SMILES string of the molecule is Nc1nc2cccnc2n1C1CCC(=O)NC1. The lowest BCUT2D eigenvalue weighted by molar-refractivity contribution is -0.122. The van der Waals surface area contributed by atoms with Gasteiger partial charge in [0.05, 0.1) is 6.04 Å². The second-order valence-electron chi connectivity index (χ2n) is 4.18. The zero-order valence-electron chi connectivity index (χ0n) is 9.26. The van der Waals surface area contributed by atoms with E-state index in [1.165, 1.54) is 0 Å². The van der Waals surface area contributed by atoms with E-state index < -0.39 is 0 Å². The van der Waals surface area contributed by atoms with Gasteiger partial charge in [-0.15, -0.1) is 0 Å². The van der Waals surface area contributed by atoms with Crippen LogP contribution < -0.4 is 11.1 Å². The Kier molecular flexibility index (Phi) is 2.21. The minimum Gasteiger partial charge on any atom is -0.369 e. The smallest absolute Gasteiger partial charge is 0.220 e. The molecule has 1 aliphatic heterocycles. The van der Waals surface area contributed by atoms with Crippen LogP contribution in [0, 0.1) is 0 Å². The predicted octanol–water partition coefficient (Wildman–Crippen LogP) is 0.465. The van der Waals surface area contributed by atoms with Gasteiger partial charge in [-0.2, -0.15) is 0 Å². The maximum Gasteiger partial charge on any atom is 0.220 e. The number of piperidine rings is 1. The van der Waals surface area contributed by atoms with Gasteiger partial charge < -0.3 is 11.1 Å². The van der Waals surface area contributed by atoms with Crippen molar-refractivity contribution in [1.82, 2.24) is 19.9 Å². The molecule has 0 bridgehead atoms. The Morgan fingerprint density at radius 3 is 3.18 bits per heavy atom. The van der Waals surface area contributed by atoms with Gasteiger partial charge in [0.25, 0.3) is 0 Å². The molecule has 1 amide bonds. The largest absolute Gasteiger partial charge is 0.369 e. The van der Waals surface area contributed by atoms with E-state index in [-0.39, 0.29) is 11.9 Å². The van der Waals surface area contributed by atoms with Gasteiger partial charge in [-0.25, -0.2) is 9.97 Å². The number of rotatable bonds is 1. The van der Waals surface area contributed by atoms with Crippen molar-refractivity contribution in [2.24, 2.45) is 0 Å². The fourth-order valence-electron chi connectivity index (χ4n) is 2.25. The molecule has 1 aliphatic rings. The summed E-state index contributed by atoms with van der Waals surface area (Å²) >= 11 is 0. The molecule has 6 nitrogen and oxygen atoms in total. The number of hydrogen-bond donors (Lipinski definition) is 2. The van der Waals surface area contributed by atoms with E-state index in [1.807, 2.05) is 16.7 Å². The average molecular weight is 231 g/mol. The van der Waals surface area contributed by atoms with Gasteiger partial charge in [0.15, 0.2) is 5.65 Å². The van der Waals surface area contributed by atoms with E-state index in [0.717, 1.165) is 17.6 Å². The Bertz CT molecular complexity index is 566. The third kappa shape index (κ3) is 1.61. The molecule has 1 atom stereocenters. The molecule has 0 saturated carbocycles. The molecule has 1 fully saturated rings. The number of fused-ring (bicyclic) bond motifs is 1. The van der Waals surface area contributed by atoms with E-state index >= 15 is 0 Å². The van der Waals surface area contributed by atoms with Crippen LogP contribution in [0.25, 0.3) is 11.2 Å². The highest BCUT2D eigenvalue weighted by atomic mass is 16.1. The van der Waals surface area contributed by atoms with Crippen molar-refractivity contribution < 1.29 is 4.79 Å². The minimum atomic E-state index is 0.0946. The Balaban J connectivity index is 2.04. The van der Waals surface area contributed by atoms with Gasteiger partial charge >= 0.3 is 0 Å². The van der Waals surface area contributed by atoms with E-state index in [9.17, 15) is 4.79 Å². The lowest BCUT2D eigenvalue weighted by atomic mass is 10.1. The number of aromatic nitrogens is 3. The van der Waals surface area contributed by atoms with Gasteiger partial charge in [0.2, 0.25) is 11.9 Å². The van der Waals surface area contributed by atoms with Crippen molar-refractivity contribution in [1.29, 1.82) is 0 Å². The van der Waals surface area contributed by atoms with Gasteiger partial charge in [0, 0.05) is 19.2 Å². The van der Waals surface area contributed by atoms with E-state index in [0.29, 0.717) is 18.9 Å². The Morgan fingerprint density at radius 1 is 1.53 bits per heavy atom. The molecule has 1 saturated heterocycles. The number of carbonyl (C=O) groups is 1. The Labute approximate surface area is 97.8 Å². The first-order valence-electron chi connectivity index (χ1n) is 5.61. The number of nitrogen functional groups attached to an aromatic ring is 1. The highest BCUT2D eigenvalue weighted by Crippen LogP contribution is 2.25. The van der Waals surface area contributed by atoms with Crippen LogP contribution in [0.15, 0.2) is 18.3 Å². The maximum absolute atomic E-state index is 11.1. The van der Waals surface area contributed by atoms with Gasteiger partial charge in [-0.1, -0.05) is 0 Å².